The summed E-state index contributed by atoms with van der Waals surface area (Å²) in [5.74, 6) is -0.0354. The first-order valence-electron chi connectivity index (χ1n) is 7.68. The summed E-state index contributed by atoms with van der Waals surface area (Å²) in [6.07, 6.45) is 4.57. The molecule has 3 nitrogen and oxygen atoms in total. The van der Waals surface area contributed by atoms with Gasteiger partial charge in [0.25, 0.3) is 0 Å². The predicted molar refractivity (Wildman–Crippen MR) is 82.3 cm³/mol. The Kier molecular flexibility index (Phi) is 5.58. The summed E-state index contributed by atoms with van der Waals surface area (Å²) in [7, 11) is 0. The van der Waals surface area contributed by atoms with Gasteiger partial charge in [-0.3, -0.25) is 4.90 Å². The predicted octanol–water partition coefficient (Wildman–Crippen LogP) is 2.89. The highest BCUT2D eigenvalue weighted by atomic mass is 15.2. The van der Waals surface area contributed by atoms with Gasteiger partial charge in [-0.05, 0) is 37.8 Å². The van der Waals surface area contributed by atoms with Gasteiger partial charge < -0.3 is 5.73 Å². The fourth-order valence-corrected chi connectivity index (χ4v) is 3.14. The third-order valence-electron chi connectivity index (χ3n) is 4.44. The number of hydrogen-bond acceptors (Lipinski definition) is 3. The molecular weight excluding hydrogens is 246 g/mol. The van der Waals surface area contributed by atoms with Crippen LogP contribution in [0.3, 0.4) is 0 Å². The monoisotopic (exact) mass is 271 g/mol. The van der Waals surface area contributed by atoms with Crippen molar-refractivity contribution >= 4 is 0 Å². The number of rotatable bonds is 5. The Morgan fingerprint density at radius 1 is 1.25 bits per heavy atom. The topological polar surface area (TPSA) is 53.0 Å². The molecule has 1 fully saturated rings. The summed E-state index contributed by atoms with van der Waals surface area (Å²) in [4.78, 5) is 2.47. The van der Waals surface area contributed by atoms with Crippen LogP contribution in [0.1, 0.15) is 44.1 Å². The zero-order valence-electron chi connectivity index (χ0n) is 12.3. The Morgan fingerprint density at radius 3 is 2.45 bits per heavy atom. The van der Waals surface area contributed by atoms with E-state index in [1.54, 1.807) is 0 Å². The van der Waals surface area contributed by atoms with Gasteiger partial charge in [0, 0.05) is 18.6 Å². The van der Waals surface area contributed by atoms with Crippen LogP contribution >= 0.6 is 0 Å². The molecule has 0 spiro atoms. The molecular formula is C17H25N3. The Morgan fingerprint density at radius 2 is 1.90 bits per heavy atom. The molecule has 0 saturated heterocycles. The summed E-state index contributed by atoms with van der Waals surface area (Å²) in [6, 6.07) is 13.6. The lowest BCUT2D eigenvalue weighted by Gasteiger charge is -2.36. The van der Waals surface area contributed by atoms with Gasteiger partial charge in [0.15, 0.2) is 0 Å². The van der Waals surface area contributed by atoms with Crippen molar-refractivity contribution in [2.24, 2.45) is 5.73 Å². The Balaban J connectivity index is 2.00. The minimum atomic E-state index is -0.0354. The van der Waals surface area contributed by atoms with Crippen LogP contribution in [0, 0.1) is 11.3 Å². The lowest BCUT2D eigenvalue weighted by atomic mass is 9.89. The van der Waals surface area contributed by atoms with Crippen molar-refractivity contribution in [1.29, 1.82) is 5.26 Å². The summed E-state index contributed by atoms with van der Waals surface area (Å²) in [6.45, 7) is 4.02. The van der Waals surface area contributed by atoms with Crippen molar-refractivity contribution in [3.63, 3.8) is 0 Å². The summed E-state index contributed by atoms with van der Waals surface area (Å²) in [5, 5.41) is 9.47. The van der Waals surface area contributed by atoms with Crippen molar-refractivity contribution in [2.45, 2.75) is 50.6 Å². The molecule has 108 valence electrons. The maximum atomic E-state index is 9.47. The van der Waals surface area contributed by atoms with E-state index in [-0.39, 0.29) is 5.92 Å². The van der Waals surface area contributed by atoms with Gasteiger partial charge in [0.05, 0.1) is 12.0 Å². The average Bonchev–Trinajstić information content (AvgIpc) is 2.51. The fraction of sp³-hybridized carbons (Fsp3) is 0.588. The largest absolute Gasteiger partial charge is 0.328 e. The lowest BCUT2D eigenvalue weighted by Crippen LogP contribution is -2.42. The SMILES string of the molecule is CCN(CC(C#N)c1ccccc1)C1CCC(N)CC1. The van der Waals surface area contributed by atoms with Gasteiger partial charge in [-0.2, -0.15) is 5.26 Å². The van der Waals surface area contributed by atoms with Crippen molar-refractivity contribution in [3.8, 4) is 6.07 Å². The number of nitrogens with zero attached hydrogens (tertiary/aromatic N) is 2. The van der Waals surface area contributed by atoms with Crippen LogP contribution in [0.2, 0.25) is 0 Å². The maximum absolute atomic E-state index is 9.47. The summed E-state index contributed by atoms with van der Waals surface area (Å²) >= 11 is 0. The zero-order valence-corrected chi connectivity index (χ0v) is 12.3. The highest BCUT2D eigenvalue weighted by Crippen LogP contribution is 2.25. The molecule has 1 aromatic rings. The lowest BCUT2D eigenvalue weighted by molar-refractivity contribution is 0.154. The van der Waals surface area contributed by atoms with Gasteiger partial charge in [-0.25, -0.2) is 0 Å². The van der Waals surface area contributed by atoms with Crippen molar-refractivity contribution in [3.05, 3.63) is 35.9 Å². The summed E-state index contributed by atoms with van der Waals surface area (Å²) < 4.78 is 0. The number of nitriles is 1. The molecule has 2 rings (SSSR count). The molecule has 1 atom stereocenters. The smallest absolute Gasteiger partial charge is 0.0839 e. The normalized spacial score (nSPS) is 24.3. The second-order valence-corrected chi connectivity index (χ2v) is 5.75. The van der Waals surface area contributed by atoms with Gasteiger partial charge in [0.1, 0.15) is 0 Å². The third-order valence-corrected chi connectivity index (χ3v) is 4.44. The van der Waals surface area contributed by atoms with Crippen molar-refractivity contribution in [2.75, 3.05) is 13.1 Å². The highest BCUT2D eigenvalue weighted by molar-refractivity contribution is 5.25. The Labute approximate surface area is 122 Å². The van der Waals surface area contributed by atoms with E-state index in [2.05, 4.69) is 30.0 Å². The van der Waals surface area contributed by atoms with Crippen LogP contribution in [-0.2, 0) is 0 Å². The van der Waals surface area contributed by atoms with Crippen LogP contribution in [0.25, 0.3) is 0 Å². The third kappa shape index (κ3) is 3.82. The standard InChI is InChI=1S/C17H25N3/c1-2-20(17-10-8-16(19)9-11-17)13-15(12-18)14-6-4-3-5-7-14/h3-7,15-17H,2,8-11,13,19H2,1H3. The number of nitrogens with two attached hydrogens (primary N) is 1. The van der Waals surface area contributed by atoms with E-state index < -0.39 is 0 Å². The van der Waals surface area contributed by atoms with E-state index >= 15 is 0 Å². The number of benzene rings is 1. The number of hydrogen-bond donors (Lipinski definition) is 1. The van der Waals surface area contributed by atoms with Crippen LogP contribution < -0.4 is 5.73 Å². The first kappa shape index (κ1) is 15.0. The molecule has 0 radical (unpaired) electrons. The first-order valence-corrected chi connectivity index (χ1v) is 7.68. The molecule has 1 aliphatic carbocycles. The Bertz CT molecular complexity index is 429. The van der Waals surface area contributed by atoms with E-state index in [4.69, 9.17) is 5.73 Å². The van der Waals surface area contributed by atoms with Crippen LogP contribution in [-0.4, -0.2) is 30.1 Å². The second-order valence-electron chi connectivity index (χ2n) is 5.75. The van der Waals surface area contributed by atoms with Crippen LogP contribution in [0.4, 0.5) is 0 Å². The maximum Gasteiger partial charge on any atom is 0.0839 e. The second kappa shape index (κ2) is 7.42. The van der Waals surface area contributed by atoms with Crippen LogP contribution in [0.15, 0.2) is 30.3 Å². The Hall–Kier alpha value is -1.37. The summed E-state index contributed by atoms with van der Waals surface area (Å²) in [5.41, 5.74) is 7.11. The van der Waals surface area contributed by atoms with E-state index in [9.17, 15) is 5.26 Å². The molecule has 1 saturated carbocycles. The molecule has 20 heavy (non-hydrogen) atoms. The fourth-order valence-electron chi connectivity index (χ4n) is 3.14. The average molecular weight is 271 g/mol. The van der Waals surface area contributed by atoms with Crippen molar-refractivity contribution < 1.29 is 0 Å². The molecule has 1 aromatic carbocycles. The van der Waals surface area contributed by atoms with E-state index in [1.807, 2.05) is 18.2 Å². The first-order chi connectivity index (χ1) is 9.74. The number of likely N-dealkylation sites (N-methyl/N-ethyl adjacent to an activating group) is 1. The molecule has 0 bridgehead atoms. The minimum Gasteiger partial charge on any atom is -0.328 e. The molecule has 1 unspecified atom stereocenters. The van der Waals surface area contributed by atoms with Gasteiger partial charge in [-0.1, -0.05) is 37.3 Å². The molecule has 2 N–H and O–H groups in total. The molecule has 3 heteroatoms. The highest BCUT2D eigenvalue weighted by Gasteiger charge is 2.25. The van der Waals surface area contributed by atoms with Gasteiger partial charge in [0.2, 0.25) is 0 Å². The molecule has 1 aliphatic rings. The molecule has 0 aromatic heterocycles. The van der Waals surface area contributed by atoms with Crippen molar-refractivity contribution in [1.82, 2.24) is 4.90 Å². The molecule has 0 amide bonds. The van der Waals surface area contributed by atoms with Gasteiger partial charge in [-0.15, -0.1) is 0 Å². The van der Waals surface area contributed by atoms with Crippen LogP contribution in [0.5, 0.6) is 0 Å². The molecule has 0 aliphatic heterocycles. The zero-order chi connectivity index (χ0) is 14.4. The van der Waals surface area contributed by atoms with Gasteiger partial charge >= 0.3 is 0 Å². The van der Waals surface area contributed by atoms with E-state index in [0.29, 0.717) is 12.1 Å². The molecule has 0 heterocycles. The quantitative estimate of drug-likeness (QED) is 0.896. The van der Waals surface area contributed by atoms with E-state index in [0.717, 1.165) is 31.5 Å². The van der Waals surface area contributed by atoms with E-state index in [1.165, 1.54) is 12.8 Å². The minimum absolute atomic E-state index is 0.0354.